The number of rotatable bonds is 6. The summed E-state index contributed by atoms with van der Waals surface area (Å²) in [5, 5.41) is 3.51. The fourth-order valence-electron chi connectivity index (χ4n) is 2.99. The van der Waals surface area contributed by atoms with Gasteiger partial charge in [-0.05, 0) is 62.3 Å². The molecule has 1 atom stereocenters. The molecular formula is C17H27NO. The molecule has 1 aromatic carbocycles. The van der Waals surface area contributed by atoms with E-state index >= 15 is 0 Å². The first-order valence-electron chi connectivity index (χ1n) is 7.58. The van der Waals surface area contributed by atoms with Crippen molar-refractivity contribution >= 4 is 0 Å². The van der Waals surface area contributed by atoms with Gasteiger partial charge in [0.05, 0.1) is 6.61 Å². The molecule has 0 spiro atoms. The zero-order valence-electron chi connectivity index (χ0n) is 12.8. The van der Waals surface area contributed by atoms with Crippen molar-refractivity contribution in [2.75, 3.05) is 6.61 Å². The maximum atomic E-state index is 6.02. The Morgan fingerprint density at radius 1 is 1.16 bits per heavy atom. The van der Waals surface area contributed by atoms with Crippen LogP contribution in [-0.4, -0.2) is 18.7 Å². The minimum Gasteiger partial charge on any atom is -0.493 e. The van der Waals surface area contributed by atoms with Crippen LogP contribution in [0.15, 0.2) is 12.1 Å². The Morgan fingerprint density at radius 3 is 2.63 bits per heavy atom. The number of ether oxygens (including phenoxy) is 1. The maximum absolute atomic E-state index is 6.02. The van der Waals surface area contributed by atoms with Crippen molar-refractivity contribution in [2.45, 2.75) is 65.5 Å². The molecule has 0 saturated heterocycles. The van der Waals surface area contributed by atoms with Gasteiger partial charge in [0.25, 0.3) is 0 Å². The van der Waals surface area contributed by atoms with E-state index in [9.17, 15) is 0 Å². The number of benzene rings is 1. The second kappa shape index (κ2) is 6.42. The zero-order chi connectivity index (χ0) is 13.8. The maximum Gasteiger partial charge on any atom is 0.122 e. The van der Waals surface area contributed by atoms with Crippen LogP contribution >= 0.6 is 0 Å². The first kappa shape index (κ1) is 14.4. The van der Waals surface area contributed by atoms with E-state index in [-0.39, 0.29) is 0 Å². The monoisotopic (exact) mass is 261 g/mol. The van der Waals surface area contributed by atoms with Gasteiger partial charge in [0.15, 0.2) is 0 Å². The Labute approximate surface area is 117 Å². The van der Waals surface area contributed by atoms with E-state index in [1.54, 1.807) is 0 Å². The summed E-state index contributed by atoms with van der Waals surface area (Å²) in [5.74, 6) is 1.12. The highest BCUT2D eigenvalue weighted by Gasteiger charge is 2.17. The van der Waals surface area contributed by atoms with Crippen molar-refractivity contribution in [1.29, 1.82) is 0 Å². The molecule has 0 radical (unpaired) electrons. The summed E-state index contributed by atoms with van der Waals surface area (Å²) in [4.78, 5) is 0. The Morgan fingerprint density at radius 2 is 1.89 bits per heavy atom. The van der Waals surface area contributed by atoms with Crippen molar-refractivity contribution < 1.29 is 4.74 Å². The van der Waals surface area contributed by atoms with Gasteiger partial charge < -0.3 is 10.1 Å². The summed E-state index contributed by atoms with van der Waals surface area (Å²) in [5.41, 5.74) is 4.42. The largest absolute Gasteiger partial charge is 0.493 e. The fourth-order valence-corrected chi connectivity index (χ4v) is 2.99. The summed E-state index contributed by atoms with van der Waals surface area (Å²) in [6, 6.07) is 5.41. The van der Waals surface area contributed by atoms with Crippen LogP contribution in [0.1, 0.15) is 50.3 Å². The smallest absolute Gasteiger partial charge is 0.122 e. The Balaban J connectivity index is 1.89. The van der Waals surface area contributed by atoms with Crippen LogP contribution in [0, 0.1) is 6.92 Å². The van der Waals surface area contributed by atoms with Crippen molar-refractivity contribution in [3.8, 4) is 5.75 Å². The average molecular weight is 261 g/mol. The molecule has 1 aliphatic carbocycles. The lowest BCUT2D eigenvalue weighted by atomic mass is 10.0. The van der Waals surface area contributed by atoms with E-state index in [0.29, 0.717) is 12.1 Å². The SMILES string of the molecule is Cc1ccc(OCC[C@H](C)NC(C)C)c2c1CCC2. The quantitative estimate of drug-likeness (QED) is 0.844. The van der Waals surface area contributed by atoms with Crippen LogP contribution in [0.25, 0.3) is 0 Å². The molecule has 0 aromatic heterocycles. The van der Waals surface area contributed by atoms with Gasteiger partial charge in [-0.3, -0.25) is 0 Å². The Kier molecular flexibility index (Phi) is 4.87. The standard InChI is InChI=1S/C17H27NO/c1-12(2)18-14(4)10-11-19-17-9-8-13(3)15-6-5-7-16(15)17/h8-9,12,14,18H,5-7,10-11H2,1-4H3/t14-/m0/s1. The highest BCUT2D eigenvalue weighted by Crippen LogP contribution is 2.33. The van der Waals surface area contributed by atoms with Crippen molar-refractivity contribution in [1.82, 2.24) is 5.32 Å². The number of hydrogen-bond acceptors (Lipinski definition) is 2. The second-order valence-corrected chi connectivity index (χ2v) is 6.05. The summed E-state index contributed by atoms with van der Waals surface area (Å²) in [6.07, 6.45) is 4.75. The highest BCUT2D eigenvalue weighted by atomic mass is 16.5. The zero-order valence-corrected chi connectivity index (χ0v) is 12.8. The van der Waals surface area contributed by atoms with Gasteiger partial charge in [0, 0.05) is 12.1 Å². The number of fused-ring (bicyclic) bond motifs is 1. The molecule has 1 aliphatic rings. The predicted octanol–water partition coefficient (Wildman–Crippen LogP) is 3.64. The molecule has 0 unspecified atom stereocenters. The van der Waals surface area contributed by atoms with Gasteiger partial charge in [-0.2, -0.15) is 0 Å². The van der Waals surface area contributed by atoms with Gasteiger partial charge in [-0.15, -0.1) is 0 Å². The molecule has 2 rings (SSSR count). The minimum absolute atomic E-state index is 0.512. The van der Waals surface area contributed by atoms with Gasteiger partial charge in [0.1, 0.15) is 5.75 Å². The predicted molar refractivity (Wildman–Crippen MR) is 81.0 cm³/mol. The van der Waals surface area contributed by atoms with E-state index in [1.807, 2.05) is 0 Å². The second-order valence-electron chi connectivity index (χ2n) is 6.05. The lowest BCUT2D eigenvalue weighted by Gasteiger charge is -2.18. The molecule has 0 bridgehead atoms. The van der Waals surface area contributed by atoms with Crippen LogP contribution in [-0.2, 0) is 12.8 Å². The first-order chi connectivity index (χ1) is 9.08. The first-order valence-corrected chi connectivity index (χ1v) is 7.58. The normalized spacial score (nSPS) is 15.6. The molecule has 1 N–H and O–H groups in total. The third kappa shape index (κ3) is 3.73. The molecule has 2 heteroatoms. The van der Waals surface area contributed by atoms with E-state index < -0.39 is 0 Å². The van der Waals surface area contributed by atoms with Crippen molar-refractivity contribution in [3.05, 3.63) is 28.8 Å². The molecule has 0 saturated carbocycles. The molecule has 2 nitrogen and oxygen atoms in total. The molecule has 0 heterocycles. The van der Waals surface area contributed by atoms with Crippen molar-refractivity contribution in [2.24, 2.45) is 0 Å². The summed E-state index contributed by atoms with van der Waals surface area (Å²) >= 11 is 0. The number of hydrogen-bond donors (Lipinski definition) is 1. The molecule has 0 fully saturated rings. The Hall–Kier alpha value is -1.02. The molecule has 0 amide bonds. The van der Waals surface area contributed by atoms with Crippen molar-refractivity contribution in [3.63, 3.8) is 0 Å². The van der Waals surface area contributed by atoms with Crippen LogP contribution in [0.4, 0.5) is 0 Å². The molecule has 0 aliphatic heterocycles. The van der Waals surface area contributed by atoms with Gasteiger partial charge >= 0.3 is 0 Å². The molecular weight excluding hydrogens is 234 g/mol. The van der Waals surface area contributed by atoms with E-state index in [2.05, 4.69) is 45.1 Å². The summed E-state index contributed by atoms with van der Waals surface area (Å²) in [6.45, 7) is 9.61. The third-order valence-electron chi connectivity index (χ3n) is 3.90. The number of nitrogens with one attached hydrogen (secondary N) is 1. The third-order valence-corrected chi connectivity index (χ3v) is 3.90. The van der Waals surface area contributed by atoms with Crippen LogP contribution in [0.3, 0.4) is 0 Å². The molecule has 106 valence electrons. The summed E-state index contributed by atoms with van der Waals surface area (Å²) < 4.78 is 6.02. The summed E-state index contributed by atoms with van der Waals surface area (Å²) in [7, 11) is 0. The average Bonchev–Trinajstić information content (AvgIpc) is 2.81. The van der Waals surface area contributed by atoms with Crippen LogP contribution in [0.5, 0.6) is 5.75 Å². The highest BCUT2D eigenvalue weighted by molar-refractivity contribution is 5.47. The fraction of sp³-hybridized carbons (Fsp3) is 0.647. The van der Waals surface area contributed by atoms with E-state index in [4.69, 9.17) is 4.74 Å². The Bertz CT molecular complexity index is 426. The van der Waals surface area contributed by atoms with Gasteiger partial charge in [-0.25, -0.2) is 0 Å². The van der Waals surface area contributed by atoms with Gasteiger partial charge in [-0.1, -0.05) is 19.9 Å². The van der Waals surface area contributed by atoms with E-state index in [1.165, 1.54) is 36.0 Å². The number of aryl methyl sites for hydroxylation is 1. The van der Waals surface area contributed by atoms with Crippen LogP contribution in [0.2, 0.25) is 0 Å². The molecule has 19 heavy (non-hydrogen) atoms. The topological polar surface area (TPSA) is 21.3 Å². The molecule has 1 aromatic rings. The lowest BCUT2D eigenvalue weighted by Crippen LogP contribution is -2.33. The minimum atomic E-state index is 0.512. The lowest BCUT2D eigenvalue weighted by molar-refractivity contribution is 0.284. The van der Waals surface area contributed by atoms with Gasteiger partial charge in [0.2, 0.25) is 0 Å². The van der Waals surface area contributed by atoms with Crippen LogP contribution < -0.4 is 10.1 Å². The van der Waals surface area contributed by atoms with E-state index in [0.717, 1.165) is 18.8 Å².